The Hall–Kier alpha value is -1.58. The molecule has 4 nitrogen and oxygen atoms in total. The van der Waals surface area contributed by atoms with Crippen molar-refractivity contribution in [2.45, 2.75) is 25.7 Å². The van der Waals surface area contributed by atoms with Gasteiger partial charge in [-0.1, -0.05) is 6.42 Å². The highest BCUT2D eigenvalue weighted by molar-refractivity contribution is 5.94. The second-order valence-corrected chi connectivity index (χ2v) is 6.13. The average Bonchev–Trinajstić information content (AvgIpc) is 3.01. The number of nitrogens with one attached hydrogen (secondary N) is 1. The summed E-state index contributed by atoms with van der Waals surface area (Å²) in [6.07, 6.45) is 7.43. The van der Waals surface area contributed by atoms with Gasteiger partial charge in [0.05, 0.1) is 0 Å². The van der Waals surface area contributed by atoms with Crippen LogP contribution >= 0.6 is 0 Å². The van der Waals surface area contributed by atoms with Gasteiger partial charge in [-0.25, -0.2) is 4.98 Å². The molecule has 1 aromatic heterocycles. The van der Waals surface area contributed by atoms with Crippen LogP contribution in [0.3, 0.4) is 0 Å². The van der Waals surface area contributed by atoms with Gasteiger partial charge < -0.3 is 10.6 Å². The Kier molecular flexibility index (Phi) is 3.17. The molecule has 1 heterocycles. The van der Waals surface area contributed by atoms with Crippen molar-refractivity contribution >= 4 is 11.7 Å². The molecule has 1 aromatic rings. The number of fused-ring (bicyclic) bond motifs is 2. The molecule has 2 saturated carbocycles. The molecule has 2 aliphatic rings. The Morgan fingerprint density at radius 2 is 2.26 bits per heavy atom. The molecule has 2 fully saturated rings. The molecule has 3 rings (SSSR count). The van der Waals surface area contributed by atoms with Crippen LogP contribution in [-0.4, -0.2) is 24.4 Å². The number of rotatable bonds is 4. The number of hydrogen-bond donors (Lipinski definition) is 2. The number of amidine groups is 1. The van der Waals surface area contributed by atoms with E-state index in [4.69, 9.17) is 11.1 Å². The van der Waals surface area contributed by atoms with E-state index in [0.29, 0.717) is 5.56 Å². The predicted octanol–water partition coefficient (Wildman–Crippen LogP) is 2.24. The lowest BCUT2D eigenvalue weighted by Crippen LogP contribution is -2.29. The maximum absolute atomic E-state index is 7.37. The van der Waals surface area contributed by atoms with Gasteiger partial charge in [0.15, 0.2) is 0 Å². The van der Waals surface area contributed by atoms with Crippen LogP contribution in [0.4, 0.5) is 5.82 Å². The summed E-state index contributed by atoms with van der Waals surface area (Å²) >= 11 is 0. The van der Waals surface area contributed by atoms with Crippen molar-refractivity contribution in [1.82, 2.24) is 4.98 Å². The molecular weight excluding hydrogens is 236 g/mol. The summed E-state index contributed by atoms with van der Waals surface area (Å²) in [5.74, 6) is 3.85. The Bertz CT molecular complexity index is 468. The van der Waals surface area contributed by atoms with E-state index >= 15 is 0 Å². The first-order valence-corrected chi connectivity index (χ1v) is 7.15. The summed E-state index contributed by atoms with van der Waals surface area (Å²) in [6.45, 7) is 1.10. The minimum atomic E-state index is 0.0785. The highest BCUT2D eigenvalue weighted by atomic mass is 15.2. The van der Waals surface area contributed by atoms with Crippen LogP contribution in [0.15, 0.2) is 18.3 Å². The summed E-state index contributed by atoms with van der Waals surface area (Å²) in [5, 5.41) is 7.37. The van der Waals surface area contributed by atoms with E-state index in [0.717, 1.165) is 30.1 Å². The minimum Gasteiger partial charge on any atom is -0.384 e. The number of nitrogens with zero attached hydrogens (tertiary/aromatic N) is 2. The Balaban J connectivity index is 1.63. The normalized spacial score (nSPS) is 28.6. The molecule has 102 valence electrons. The first kappa shape index (κ1) is 12.5. The number of nitrogen functional groups attached to an aromatic ring is 1. The number of pyridine rings is 1. The molecule has 0 aliphatic heterocycles. The fraction of sp³-hybridized carbons (Fsp3) is 0.600. The molecule has 3 atom stereocenters. The second kappa shape index (κ2) is 4.83. The quantitative estimate of drug-likeness (QED) is 0.643. The fourth-order valence-corrected chi connectivity index (χ4v) is 3.82. The molecular formula is C15H22N4. The standard InChI is InChI=1S/C15H22N4/c1-19(9-13-7-10-2-3-11(13)6-10)14-5-4-12(8-18-14)15(16)17/h4-5,8,10-11,13H,2-3,6-7,9H2,1H3,(H3,16,17). The van der Waals surface area contributed by atoms with Crippen molar-refractivity contribution in [2.75, 3.05) is 18.5 Å². The fourth-order valence-electron chi connectivity index (χ4n) is 3.82. The van der Waals surface area contributed by atoms with Gasteiger partial charge in [-0.05, 0) is 49.1 Å². The predicted molar refractivity (Wildman–Crippen MR) is 77.5 cm³/mol. The summed E-state index contributed by atoms with van der Waals surface area (Å²) in [6, 6.07) is 3.84. The Morgan fingerprint density at radius 1 is 1.42 bits per heavy atom. The molecule has 4 heteroatoms. The largest absolute Gasteiger partial charge is 0.384 e. The van der Waals surface area contributed by atoms with Crippen molar-refractivity contribution in [2.24, 2.45) is 23.5 Å². The lowest BCUT2D eigenvalue weighted by Gasteiger charge is -2.27. The minimum absolute atomic E-state index is 0.0785. The van der Waals surface area contributed by atoms with Crippen molar-refractivity contribution in [3.63, 3.8) is 0 Å². The SMILES string of the molecule is CN(CC1CC2CCC1C2)c1ccc(C(=N)N)cn1. The first-order chi connectivity index (χ1) is 9.13. The Morgan fingerprint density at radius 3 is 2.79 bits per heavy atom. The third-order valence-electron chi connectivity index (χ3n) is 4.84. The van der Waals surface area contributed by atoms with E-state index in [9.17, 15) is 0 Å². The summed E-state index contributed by atoms with van der Waals surface area (Å²) < 4.78 is 0. The van der Waals surface area contributed by atoms with Gasteiger partial charge in [0.25, 0.3) is 0 Å². The molecule has 2 aliphatic carbocycles. The van der Waals surface area contributed by atoms with Crippen molar-refractivity contribution in [1.29, 1.82) is 5.41 Å². The monoisotopic (exact) mass is 258 g/mol. The zero-order valence-electron chi connectivity index (χ0n) is 11.5. The van der Waals surface area contributed by atoms with E-state index in [1.165, 1.54) is 25.7 Å². The molecule has 0 saturated heterocycles. The molecule has 0 radical (unpaired) electrons. The van der Waals surface area contributed by atoms with Gasteiger partial charge in [-0.15, -0.1) is 0 Å². The van der Waals surface area contributed by atoms with Crippen LogP contribution in [0, 0.1) is 23.2 Å². The van der Waals surface area contributed by atoms with Crippen molar-refractivity contribution < 1.29 is 0 Å². The van der Waals surface area contributed by atoms with Gasteiger partial charge in [0.2, 0.25) is 0 Å². The zero-order valence-corrected chi connectivity index (χ0v) is 11.5. The van der Waals surface area contributed by atoms with Gasteiger partial charge >= 0.3 is 0 Å². The van der Waals surface area contributed by atoms with Crippen LogP contribution in [0.1, 0.15) is 31.2 Å². The third kappa shape index (κ3) is 2.44. The topological polar surface area (TPSA) is 66.0 Å². The van der Waals surface area contributed by atoms with Gasteiger partial charge in [-0.2, -0.15) is 0 Å². The zero-order chi connectivity index (χ0) is 13.4. The molecule has 0 spiro atoms. The molecule has 3 N–H and O–H groups in total. The van der Waals surface area contributed by atoms with Crippen molar-refractivity contribution in [3.05, 3.63) is 23.9 Å². The number of aromatic nitrogens is 1. The first-order valence-electron chi connectivity index (χ1n) is 7.15. The number of hydrogen-bond acceptors (Lipinski definition) is 3. The van der Waals surface area contributed by atoms with E-state index in [-0.39, 0.29) is 5.84 Å². The maximum Gasteiger partial charge on any atom is 0.128 e. The summed E-state index contributed by atoms with van der Waals surface area (Å²) in [5.41, 5.74) is 6.13. The summed E-state index contributed by atoms with van der Waals surface area (Å²) in [4.78, 5) is 6.65. The van der Waals surface area contributed by atoms with Crippen LogP contribution < -0.4 is 10.6 Å². The number of nitrogens with two attached hydrogens (primary N) is 1. The smallest absolute Gasteiger partial charge is 0.128 e. The van der Waals surface area contributed by atoms with E-state index < -0.39 is 0 Å². The van der Waals surface area contributed by atoms with E-state index in [1.807, 2.05) is 12.1 Å². The van der Waals surface area contributed by atoms with Crippen molar-refractivity contribution in [3.8, 4) is 0 Å². The Labute approximate surface area is 114 Å². The molecule has 0 amide bonds. The molecule has 0 aromatic carbocycles. The summed E-state index contributed by atoms with van der Waals surface area (Å²) in [7, 11) is 2.11. The molecule has 19 heavy (non-hydrogen) atoms. The van der Waals surface area contributed by atoms with E-state index in [2.05, 4.69) is 16.9 Å². The van der Waals surface area contributed by atoms with Crippen LogP contribution in [-0.2, 0) is 0 Å². The van der Waals surface area contributed by atoms with Gasteiger partial charge in [-0.3, -0.25) is 5.41 Å². The lowest BCUT2D eigenvalue weighted by atomic mass is 9.88. The van der Waals surface area contributed by atoms with Gasteiger partial charge in [0, 0.05) is 25.4 Å². The second-order valence-electron chi connectivity index (χ2n) is 6.13. The average molecular weight is 258 g/mol. The number of anilines is 1. The third-order valence-corrected chi connectivity index (χ3v) is 4.84. The van der Waals surface area contributed by atoms with E-state index in [1.54, 1.807) is 6.20 Å². The maximum atomic E-state index is 7.37. The van der Waals surface area contributed by atoms with Crippen LogP contribution in [0.5, 0.6) is 0 Å². The highest BCUT2D eigenvalue weighted by Gasteiger charge is 2.39. The van der Waals surface area contributed by atoms with Crippen LogP contribution in [0.2, 0.25) is 0 Å². The van der Waals surface area contributed by atoms with Crippen LogP contribution in [0.25, 0.3) is 0 Å². The highest BCUT2D eigenvalue weighted by Crippen LogP contribution is 2.48. The van der Waals surface area contributed by atoms with Gasteiger partial charge in [0.1, 0.15) is 11.7 Å². The molecule has 2 bridgehead atoms. The lowest BCUT2D eigenvalue weighted by molar-refractivity contribution is 0.337. The molecule has 3 unspecified atom stereocenters.